The fourth-order valence-corrected chi connectivity index (χ4v) is 2.07. The van der Waals surface area contributed by atoms with Gasteiger partial charge in [0.25, 0.3) is 0 Å². The highest BCUT2D eigenvalue weighted by Gasteiger charge is 2.35. The molecular formula is C18H19F3N2O5. The van der Waals surface area contributed by atoms with Crippen molar-refractivity contribution in [1.82, 2.24) is 10.3 Å². The summed E-state index contributed by atoms with van der Waals surface area (Å²) in [6.07, 6.45) is -3.16. The van der Waals surface area contributed by atoms with Gasteiger partial charge in [-0.25, -0.2) is 14.6 Å². The number of carbonyl (C=O) groups is 2. The van der Waals surface area contributed by atoms with Crippen LogP contribution < -0.4 is 10.1 Å². The van der Waals surface area contributed by atoms with Crippen molar-refractivity contribution in [3.05, 3.63) is 59.8 Å². The minimum absolute atomic E-state index is 0.389. The van der Waals surface area contributed by atoms with Gasteiger partial charge >= 0.3 is 18.1 Å². The van der Waals surface area contributed by atoms with Gasteiger partial charge in [-0.3, -0.25) is 0 Å². The summed E-state index contributed by atoms with van der Waals surface area (Å²) in [5.74, 6) is -4.04. The van der Waals surface area contributed by atoms with Gasteiger partial charge in [-0.2, -0.15) is 13.2 Å². The zero-order chi connectivity index (χ0) is 21.2. The molecule has 1 aromatic carbocycles. The zero-order valence-electron chi connectivity index (χ0n) is 14.8. The molecule has 1 atom stereocenters. The van der Waals surface area contributed by atoms with E-state index in [1.807, 2.05) is 30.3 Å². The van der Waals surface area contributed by atoms with E-state index < -0.39 is 29.8 Å². The molecule has 1 unspecified atom stereocenters. The highest BCUT2D eigenvalue weighted by atomic mass is 19.4. The fourth-order valence-electron chi connectivity index (χ4n) is 2.07. The summed E-state index contributed by atoms with van der Waals surface area (Å²) in [4.78, 5) is 22.0. The quantitative estimate of drug-likeness (QED) is 0.640. The number of rotatable bonds is 6. The van der Waals surface area contributed by atoms with Crippen molar-refractivity contribution in [3.8, 4) is 5.88 Å². The van der Waals surface area contributed by atoms with Gasteiger partial charge in [0.2, 0.25) is 5.88 Å². The molecule has 2 aromatic rings. The van der Waals surface area contributed by atoms with Crippen LogP contribution in [0.15, 0.2) is 48.7 Å². The summed E-state index contributed by atoms with van der Waals surface area (Å²) < 4.78 is 44.7. The zero-order valence-corrected chi connectivity index (χ0v) is 14.8. The summed E-state index contributed by atoms with van der Waals surface area (Å²) in [5, 5.41) is 17.8. The van der Waals surface area contributed by atoms with Gasteiger partial charge in [0.05, 0.1) is 0 Å². The molecule has 3 N–H and O–H groups in total. The molecule has 0 saturated carbocycles. The van der Waals surface area contributed by atoms with E-state index in [1.54, 1.807) is 7.05 Å². The normalized spacial score (nSPS) is 11.7. The molecular weight excluding hydrogens is 381 g/mol. The lowest BCUT2D eigenvalue weighted by Crippen LogP contribution is -2.18. The maximum atomic E-state index is 13.0. The maximum absolute atomic E-state index is 13.0. The maximum Gasteiger partial charge on any atom is 0.421 e. The molecule has 152 valence electrons. The number of pyridine rings is 1. The first-order chi connectivity index (χ1) is 13.2. The lowest BCUT2D eigenvalue weighted by atomic mass is 10.1. The molecule has 0 aliphatic carbocycles. The SMILES string of the molecule is CNCCC(Oc1ncccc1C(F)(F)F)c1ccccc1.O=C(O)C(=O)O. The van der Waals surface area contributed by atoms with Crippen LogP contribution in [0.2, 0.25) is 0 Å². The second kappa shape index (κ2) is 10.9. The minimum Gasteiger partial charge on any atom is -0.473 e. The number of aliphatic carboxylic acids is 2. The summed E-state index contributed by atoms with van der Waals surface area (Å²) in [5.41, 5.74) is -0.0445. The molecule has 0 fully saturated rings. The number of carboxylic acids is 2. The van der Waals surface area contributed by atoms with Crippen LogP contribution in [0.5, 0.6) is 5.88 Å². The third-order valence-electron chi connectivity index (χ3n) is 3.34. The highest BCUT2D eigenvalue weighted by Crippen LogP contribution is 2.36. The number of halogens is 3. The number of aromatic nitrogens is 1. The number of alkyl halides is 3. The minimum atomic E-state index is -4.49. The Balaban J connectivity index is 0.000000568. The molecule has 10 heteroatoms. The molecule has 0 aliphatic rings. The van der Waals surface area contributed by atoms with Crippen LogP contribution in [0.4, 0.5) is 13.2 Å². The van der Waals surface area contributed by atoms with Crippen LogP contribution in [0, 0.1) is 0 Å². The van der Waals surface area contributed by atoms with Crippen LogP contribution in [-0.4, -0.2) is 40.7 Å². The van der Waals surface area contributed by atoms with Gasteiger partial charge in [-0.1, -0.05) is 30.3 Å². The van der Waals surface area contributed by atoms with E-state index in [-0.39, 0.29) is 5.88 Å². The van der Waals surface area contributed by atoms with Crippen molar-refractivity contribution < 1.29 is 37.7 Å². The van der Waals surface area contributed by atoms with Crippen molar-refractivity contribution in [2.45, 2.75) is 18.7 Å². The molecule has 0 spiro atoms. The first-order valence-electron chi connectivity index (χ1n) is 8.01. The van der Waals surface area contributed by atoms with Gasteiger partial charge in [0.1, 0.15) is 11.7 Å². The monoisotopic (exact) mass is 400 g/mol. The van der Waals surface area contributed by atoms with Gasteiger partial charge in [-0.05, 0) is 31.3 Å². The summed E-state index contributed by atoms with van der Waals surface area (Å²) in [6, 6.07) is 11.4. The second-order valence-electron chi connectivity index (χ2n) is 5.37. The predicted molar refractivity (Wildman–Crippen MR) is 92.9 cm³/mol. The third-order valence-corrected chi connectivity index (χ3v) is 3.34. The Kier molecular flexibility index (Phi) is 8.89. The lowest BCUT2D eigenvalue weighted by Gasteiger charge is -2.21. The number of carboxylic acid groups (broad SMARTS) is 2. The smallest absolute Gasteiger partial charge is 0.421 e. The van der Waals surface area contributed by atoms with E-state index in [2.05, 4.69) is 10.3 Å². The molecule has 0 amide bonds. The second-order valence-corrected chi connectivity index (χ2v) is 5.37. The van der Waals surface area contributed by atoms with Crippen molar-refractivity contribution in [1.29, 1.82) is 0 Å². The predicted octanol–water partition coefficient (Wildman–Crippen LogP) is 2.99. The van der Waals surface area contributed by atoms with Crippen molar-refractivity contribution >= 4 is 11.9 Å². The number of hydrogen-bond donors (Lipinski definition) is 3. The summed E-state index contributed by atoms with van der Waals surface area (Å²) in [6.45, 7) is 0.619. The number of benzene rings is 1. The average Bonchev–Trinajstić information content (AvgIpc) is 2.65. The highest BCUT2D eigenvalue weighted by molar-refractivity contribution is 6.27. The molecule has 0 aliphatic heterocycles. The van der Waals surface area contributed by atoms with E-state index >= 15 is 0 Å². The summed E-state index contributed by atoms with van der Waals surface area (Å²) in [7, 11) is 1.78. The Morgan fingerprint density at radius 1 is 1.11 bits per heavy atom. The van der Waals surface area contributed by atoms with E-state index in [4.69, 9.17) is 24.5 Å². The summed E-state index contributed by atoms with van der Waals surface area (Å²) >= 11 is 0. The number of nitrogens with one attached hydrogen (secondary N) is 1. The van der Waals surface area contributed by atoms with Crippen LogP contribution in [0.3, 0.4) is 0 Å². The number of ether oxygens (including phenoxy) is 1. The topological polar surface area (TPSA) is 109 Å². The molecule has 0 bridgehead atoms. The van der Waals surface area contributed by atoms with Crippen LogP contribution in [0.1, 0.15) is 23.7 Å². The molecule has 1 aromatic heterocycles. The van der Waals surface area contributed by atoms with Crippen LogP contribution in [-0.2, 0) is 15.8 Å². The van der Waals surface area contributed by atoms with Crippen molar-refractivity contribution in [2.24, 2.45) is 0 Å². The Hall–Kier alpha value is -3.14. The first kappa shape index (κ1) is 22.9. The van der Waals surface area contributed by atoms with Gasteiger partial charge in [0, 0.05) is 12.6 Å². The van der Waals surface area contributed by atoms with E-state index in [1.165, 1.54) is 12.3 Å². The Labute approximate surface area is 158 Å². The molecule has 7 nitrogen and oxygen atoms in total. The van der Waals surface area contributed by atoms with Gasteiger partial charge < -0.3 is 20.3 Å². The molecule has 28 heavy (non-hydrogen) atoms. The van der Waals surface area contributed by atoms with Crippen LogP contribution >= 0.6 is 0 Å². The fraction of sp³-hybridized carbons (Fsp3) is 0.278. The van der Waals surface area contributed by atoms with Crippen molar-refractivity contribution in [3.63, 3.8) is 0 Å². The molecule has 0 saturated heterocycles. The molecule has 1 heterocycles. The van der Waals surface area contributed by atoms with E-state index in [0.29, 0.717) is 13.0 Å². The largest absolute Gasteiger partial charge is 0.473 e. The number of nitrogens with zero attached hydrogens (tertiary/aromatic N) is 1. The van der Waals surface area contributed by atoms with E-state index in [9.17, 15) is 13.2 Å². The average molecular weight is 400 g/mol. The lowest BCUT2D eigenvalue weighted by molar-refractivity contribution is -0.159. The van der Waals surface area contributed by atoms with Crippen molar-refractivity contribution in [2.75, 3.05) is 13.6 Å². The Morgan fingerprint density at radius 2 is 1.71 bits per heavy atom. The Bertz CT molecular complexity index is 757. The molecule has 2 rings (SSSR count). The van der Waals surface area contributed by atoms with Gasteiger partial charge in [-0.15, -0.1) is 0 Å². The molecule has 0 radical (unpaired) electrons. The third kappa shape index (κ3) is 7.62. The number of hydrogen-bond acceptors (Lipinski definition) is 5. The standard InChI is InChI=1S/C16H17F3N2O.C2H2O4/c1-20-11-9-14(12-6-3-2-4-7-12)22-15-13(16(17,18)19)8-5-10-21-15;3-1(4)2(5)6/h2-8,10,14,20H,9,11H2,1H3;(H,3,4)(H,5,6). The first-order valence-corrected chi connectivity index (χ1v) is 8.01. The van der Waals surface area contributed by atoms with E-state index in [0.717, 1.165) is 11.6 Å². The van der Waals surface area contributed by atoms with Crippen LogP contribution in [0.25, 0.3) is 0 Å². The van der Waals surface area contributed by atoms with Gasteiger partial charge in [0.15, 0.2) is 0 Å². The Morgan fingerprint density at radius 3 is 2.21 bits per heavy atom.